The predicted octanol–water partition coefficient (Wildman–Crippen LogP) is 4.46. The van der Waals surface area contributed by atoms with Gasteiger partial charge in [-0.05, 0) is 60.2 Å². The number of nitrogens with two attached hydrogens (primary N) is 1. The summed E-state index contributed by atoms with van der Waals surface area (Å²) in [5.74, 6) is 0.656. The zero-order valence-electron chi connectivity index (χ0n) is 17.7. The summed E-state index contributed by atoms with van der Waals surface area (Å²) in [7, 11) is -2.23. The summed E-state index contributed by atoms with van der Waals surface area (Å²) in [5, 5.41) is 0. The van der Waals surface area contributed by atoms with Gasteiger partial charge in [0.15, 0.2) is 0 Å². The first-order valence-electron chi connectivity index (χ1n) is 10.7. The number of rotatable bonds is 5. The van der Waals surface area contributed by atoms with Gasteiger partial charge in [-0.15, -0.1) is 11.3 Å². The maximum Gasteiger partial charge on any atom is 0.263 e. The normalized spacial score (nSPS) is 17.5. The summed E-state index contributed by atoms with van der Waals surface area (Å²) in [4.78, 5) is 27.3. The Bertz CT molecular complexity index is 995. The third-order valence-corrected chi connectivity index (χ3v) is 8.08. The molecule has 30 heavy (non-hydrogen) atoms. The van der Waals surface area contributed by atoms with Crippen molar-refractivity contribution in [3.05, 3.63) is 74.6 Å². The van der Waals surface area contributed by atoms with Gasteiger partial charge in [0.1, 0.15) is 0 Å². The molecule has 0 saturated carbocycles. The molecule has 4 rings (SSSR count). The molecule has 1 aliphatic heterocycles. The molecule has 1 aromatic carbocycles. The van der Waals surface area contributed by atoms with Crippen molar-refractivity contribution in [1.82, 2.24) is 4.90 Å². The molecule has 0 spiro atoms. The van der Waals surface area contributed by atoms with E-state index in [9.17, 15) is 9.59 Å². The monoisotopic (exact) mass is 438 g/mol. The Morgan fingerprint density at radius 2 is 2.07 bits per heavy atom. The quantitative estimate of drug-likeness (QED) is 0.678. The molecule has 1 saturated heterocycles. The SMILES string of the molecule is C[Si](C)(O)/C=C/C1=CCc2sc(C(=O)N3CCC(c4cccc(CN)c4)CC3)cc21. The van der Waals surface area contributed by atoms with E-state index in [4.69, 9.17) is 5.73 Å². The highest BCUT2D eigenvalue weighted by molar-refractivity contribution is 7.14. The van der Waals surface area contributed by atoms with E-state index in [2.05, 4.69) is 30.3 Å². The van der Waals surface area contributed by atoms with Crippen molar-refractivity contribution in [1.29, 1.82) is 0 Å². The molecule has 2 heterocycles. The number of hydrogen-bond donors (Lipinski definition) is 2. The molecular weight excluding hydrogens is 408 g/mol. The minimum absolute atomic E-state index is 0.156. The summed E-state index contributed by atoms with van der Waals surface area (Å²) in [6.45, 7) is 5.96. The summed E-state index contributed by atoms with van der Waals surface area (Å²) in [5.41, 5.74) is 12.5. The van der Waals surface area contributed by atoms with Gasteiger partial charge in [-0.3, -0.25) is 4.79 Å². The Labute approximate surface area is 183 Å². The number of carbonyl (C=O) groups excluding carboxylic acids is 1. The highest BCUT2D eigenvalue weighted by atomic mass is 32.1. The number of likely N-dealkylation sites (tertiary alicyclic amines) is 1. The number of benzene rings is 1. The van der Waals surface area contributed by atoms with Crippen molar-refractivity contribution < 1.29 is 9.59 Å². The van der Waals surface area contributed by atoms with E-state index in [-0.39, 0.29) is 5.91 Å². The fourth-order valence-electron chi connectivity index (χ4n) is 4.24. The topological polar surface area (TPSA) is 66.6 Å². The van der Waals surface area contributed by atoms with Crippen LogP contribution in [0.5, 0.6) is 0 Å². The molecule has 3 N–H and O–H groups in total. The summed E-state index contributed by atoms with van der Waals surface area (Å²) >= 11 is 1.62. The third kappa shape index (κ3) is 4.67. The molecule has 0 bridgehead atoms. The van der Waals surface area contributed by atoms with E-state index < -0.39 is 8.32 Å². The lowest BCUT2D eigenvalue weighted by Crippen LogP contribution is -2.37. The van der Waals surface area contributed by atoms with Gasteiger partial charge < -0.3 is 15.4 Å². The maximum atomic E-state index is 13.1. The van der Waals surface area contributed by atoms with Crippen molar-refractivity contribution in [3.63, 3.8) is 0 Å². The van der Waals surface area contributed by atoms with Crippen LogP contribution in [0.15, 0.2) is 48.2 Å². The van der Waals surface area contributed by atoms with E-state index in [1.54, 1.807) is 11.3 Å². The van der Waals surface area contributed by atoms with Gasteiger partial charge >= 0.3 is 0 Å². The minimum Gasteiger partial charge on any atom is -0.428 e. The molecule has 1 aromatic heterocycles. The van der Waals surface area contributed by atoms with Crippen LogP contribution in [0.25, 0.3) is 5.57 Å². The lowest BCUT2D eigenvalue weighted by molar-refractivity contribution is 0.0718. The average molecular weight is 439 g/mol. The number of amides is 1. The van der Waals surface area contributed by atoms with Crippen molar-refractivity contribution in [2.45, 2.75) is 44.8 Å². The number of fused-ring (bicyclic) bond motifs is 1. The first-order chi connectivity index (χ1) is 14.3. The number of hydrogen-bond acceptors (Lipinski definition) is 4. The fourth-order valence-corrected chi connectivity index (χ4v) is 5.94. The fraction of sp³-hybridized carbons (Fsp3) is 0.375. The van der Waals surface area contributed by atoms with Crippen molar-refractivity contribution in [3.8, 4) is 0 Å². The molecule has 6 heteroatoms. The Morgan fingerprint density at radius 3 is 2.77 bits per heavy atom. The number of piperidine rings is 1. The Hall–Kier alpha value is -1.99. The van der Waals surface area contributed by atoms with Crippen molar-refractivity contribution in [2.75, 3.05) is 13.1 Å². The smallest absolute Gasteiger partial charge is 0.263 e. The first-order valence-corrected chi connectivity index (χ1v) is 14.5. The number of carbonyl (C=O) groups is 1. The Morgan fingerprint density at radius 1 is 1.30 bits per heavy atom. The van der Waals surface area contributed by atoms with E-state index in [0.717, 1.165) is 48.4 Å². The van der Waals surface area contributed by atoms with Crippen LogP contribution in [0, 0.1) is 0 Å². The van der Waals surface area contributed by atoms with Gasteiger partial charge in [-0.2, -0.15) is 0 Å². The van der Waals surface area contributed by atoms with Gasteiger partial charge in [0.05, 0.1) is 4.88 Å². The van der Waals surface area contributed by atoms with E-state index >= 15 is 0 Å². The third-order valence-electron chi connectivity index (χ3n) is 5.95. The van der Waals surface area contributed by atoms with E-state index in [0.29, 0.717) is 12.5 Å². The van der Waals surface area contributed by atoms with Gasteiger partial charge in [0, 0.05) is 30.9 Å². The molecule has 4 nitrogen and oxygen atoms in total. The second kappa shape index (κ2) is 8.63. The summed E-state index contributed by atoms with van der Waals surface area (Å²) in [6, 6.07) is 10.6. The zero-order chi connectivity index (χ0) is 21.3. The number of thiophene rings is 1. The van der Waals surface area contributed by atoms with Crippen LogP contribution < -0.4 is 5.73 Å². The van der Waals surface area contributed by atoms with Crippen molar-refractivity contribution in [2.24, 2.45) is 5.73 Å². The number of allylic oxidation sites excluding steroid dienone is 3. The van der Waals surface area contributed by atoms with Crippen LogP contribution in [0.3, 0.4) is 0 Å². The van der Waals surface area contributed by atoms with Crippen LogP contribution in [-0.4, -0.2) is 37.0 Å². The van der Waals surface area contributed by atoms with E-state index in [1.165, 1.54) is 16.0 Å². The zero-order valence-corrected chi connectivity index (χ0v) is 19.5. The largest absolute Gasteiger partial charge is 0.428 e. The molecule has 2 aromatic rings. The van der Waals surface area contributed by atoms with Crippen LogP contribution in [-0.2, 0) is 13.0 Å². The van der Waals surface area contributed by atoms with Gasteiger partial charge in [-0.1, -0.05) is 42.1 Å². The van der Waals surface area contributed by atoms with Crippen LogP contribution in [0.1, 0.15) is 50.0 Å². The molecule has 0 radical (unpaired) electrons. The molecule has 1 amide bonds. The Balaban J connectivity index is 1.41. The maximum absolute atomic E-state index is 13.1. The molecule has 158 valence electrons. The van der Waals surface area contributed by atoms with Gasteiger partial charge in [0.25, 0.3) is 5.91 Å². The molecule has 0 atom stereocenters. The molecular formula is C24H30N2O2SSi. The lowest BCUT2D eigenvalue weighted by atomic mass is 9.88. The minimum atomic E-state index is -2.23. The van der Waals surface area contributed by atoms with Crippen LogP contribution >= 0.6 is 11.3 Å². The first kappa shape index (κ1) is 21.2. The van der Waals surface area contributed by atoms with Crippen molar-refractivity contribution >= 4 is 31.1 Å². The molecule has 1 fully saturated rings. The van der Waals surface area contributed by atoms with Gasteiger partial charge in [-0.25, -0.2) is 0 Å². The standard InChI is InChI=1S/C24H30N2O2SSi/c1-30(2,28)13-10-19-6-7-22-21(19)15-23(29-22)24(27)26-11-8-18(9-12-26)20-5-3-4-17(14-20)16-25/h3-6,10,13-15,18,28H,7-9,11-12,16,25H2,1-2H3/b13-10+. The van der Waals surface area contributed by atoms with Crippen LogP contribution in [0.4, 0.5) is 0 Å². The van der Waals surface area contributed by atoms with Crippen LogP contribution in [0.2, 0.25) is 13.1 Å². The molecule has 1 aliphatic carbocycles. The second-order valence-corrected chi connectivity index (χ2v) is 13.6. The van der Waals surface area contributed by atoms with Gasteiger partial charge in [0.2, 0.25) is 8.32 Å². The second-order valence-electron chi connectivity index (χ2n) is 8.81. The predicted molar refractivity (Wildman–Crippen MR) is 127 cm³/mol. The molecule has 0 unspecified atom stereocenters. The Kier molecular flexibility index (Phi) is 6.11. The highest BCUT2D eigenvalue weighted by Crippen LogP contribution is 2.37. The average Bonchev–Trinajstić information content (AvgIpc) is 3.32. The summed E-state index contributed by atoms with van der Waals surface area (Å²) < 4.78 is 0. The highest BCUT2D eigenvalue weighted by Gasteiger charge is 2.27. The van der Waals surface area contributed by atoms with E-state index in [1.807, 2.05) is 35.8 Å². The lowest BCUT2D eigenvalue weighted by Gasteiger charge is -2.32. The summed E-state index contributed by atoms with van der Waals surface area (Å²) in [6.07, 6.45) is 7.08. The number of nitrogens with zero attached hydrogens (tertiary/aromatic N) is 1. The molecule has 2 aliphatic rings.